The van der Waals surface area contributed by atoms with Crippen LogP contribution in [0.2, 0.25) is 0 Å². The summed E-state index contributed by atoms with van der Waals surface area (Å²) < 4.78 is 0. The van der Waals surface area contributed by atoms with Crippen LogP contribution in [0.4, 0.5) is 5.69 Å². The summed E-state index contributed by atoms with van der Waals surface area (Å²) in [6.45, 7) is 4.02. The van der Waals surface area contributed by atoms with E-state index < -0.39 is 0 Å². The van der Waals surface area contributed by atoms with Crippen LogP contribution in [0.3, 0.4) is 0 Å². The van der Waals surface area contributed by atoms with Crippen molar-refractivity contribution in [2.45, 2.75) is 26.2 Å². The number of likely N-dealkylation sites (tertiary alicyclic amines) is 1. The number of nitrogens with zero attached hydrogens (tertiary/aromatic N) is 1. The van der Waals surface area contributed by atoms with Gasteiger partial charge in [0.1, 0.15) is 0 Å². The van der Waals surface area contributed by atoms with Crippen molar-refractivity contribution in [3.8, 4) is 0 Å². The first-order chi connectivity index (χ1) is 8.15. The van der Waals surface area contributed by atoms with E-state index in [0.717, 1.165) is 30.8 Å². The molecule has 1 aromatic rings. The Kier molecular flexibility index (Phi) is 3.67. The van der Waals surface area contributed by atoms with E-state index in [4.69, 9.17) is 5.73 Å². The molecule has 1 heterocycles. The smallest absolute Gasteiger partial charge is 0.226 e. The lowest BCUT2D eigenvalue weighted by Gasteiger charge is -2.31. The Morgan fingerprint density at radius 2 is 2.35 bits per heavy atom. The van der Waals surface area contributed by atoms with Crippen LogP contribution >= 0.6 is 0 Å². The average Bonchev–Trinajstić information content (AvgIpc) is 2.29. The first kappa shape index (κ1) is 12.0. The molecule has 3 heteroatoms. The molecule has 3 nitrogen and oxygen atoms in total. The van der Waals surface area contributed by atoms with Crippen molar-refractivity contribution < 1.29 is 4.79 Å². The summed E-state index contributed by atoms with van der Waals surface area (Å²) in [5, 5.41) is 0. The zero-order chi connectivity index (χ0) is 12.3. The lowest BCUT2D eigenvalue weighted by Crippen LogP contribution is -2.39. The average molecular weight is 232 g/mol. The highest BCUT2D eigenvalue weighted by molar-refractivity contribution is 5.79. The molecule has 1 atom stereocenters. The lowest BCUT2D eigenvalue weighted by molar-refractivity contribution is -0.132. The van der Waals surface area contributed by atoms with E-state index in [1.807, 2.05) is 29.2 Å². The SMILES string of the molecule is C[C@H]1CCCN(C(=O)Cc2cccc(N)c2)C1. The molecule has 1 saturated heterocycles. The van der Waals surface area contributed by atoms with Gasteiger partial charge in [0.25, 0.3) is 0 Å². The van der Waals surface area contributed by atoms with Gasteiger partial charge in [0, 0.05) is 18.8 Å². The molecule has 1 aliphatic rings. The van der Waals surface area contributed by atoms with Crippen LogP contribution in [0, 0.1) is 5.92 Å². The van der Waals surface area contributed by atoms with E-state index in [1.54, 1.807) is 0 Å². The van der Waals surface area contributed by atoms with Gasteiger partial charge in [-0.3, -0.25) is 4.79 Å². The van der Waals surface area contributed by atoms with Gasteiger partial charge in [0.05, 0.1) is 6.42 Å². The second-order valence-electron chi connectivity index (χ2n) is 5.01. The Hall–Kier alpha value is -1.51. The van der Waals surface area contributed by atoms with E-state index >= 15 is 0 Å². The zero-order valence-corrected chi connectivity index (χ0v) is 10.4. The minimum atomic E-state index is 0.224. The number of amides is 1. The number of rotatable bonds is 2. The third-order valence-corrected chi connectivity index (χ3v) is 3.32. The van der Waals surface area contributed by atoms with Crippen molar-refractivity contribution in [2.24, 2.45) is 5.92 Å². The molecule has 0 aromatic heterocycles. The molecule has 1 aromatic carbocycles. The van der Waals surface area contributed by atoms with Gasteiger partial charge in [-0.25, -0.2) is 0 Å². The fourth-order valence-corrected chi connectivity index (χ4v) is 2.41. The van der Waals surface area contributed by atoms with Crippen molar-refractivity contribution in [2.75, 3.05) is 18.8 Å². The molecule has 92 valence electrons. The van der Waals surface area contributed by atoms with Crippen LogP contribution in [0.1, 0.15) is 25.3 Å². The van der Waals surface area contributed by atoms with E-state index in [-0.39, 0.29) is 5.91 Å². The Morgan fingerprint density at radius 1 is 1.53 bits per heavy atom. The summed E-state index contributed by atoms with van der Waals surface area (Å²) in [6.07, 6.45) is 2.84. The van der Waals surface area contributed by atoms with Crippen LogP contribution in [-0.4, -0.2) is 23.9 Å². The molecular weight excluding hydrogens is 212 g/mol. The molecule has 0 unspecified atom stereocenters. The predicted molar refractivity (Wildman–Crippen MR) is 69.5 cm³/mol. The molecule has 0 saturated carbocycles. The normalized spacial score (nSPS) is 20.3. The molecule has 1 amide bonds. The zero-order valence-electron chi connectivity index (χ0n) is 10.4. The highest BCUT2D eigenvalue weighted by Crippen LogP contribution is 2.17. The Bertz CT molecular complexity index is 403. The fourth-order valence-electron chi connectivity index (χ4n) is 2.41. The van der Waals surface area contributed by atoms with E-state index in [2.05, 4.69) is 6.92 Å². The van der Waals surface area contributed by atoms with Crippen LogP contribution < -0.4 is 5.73 Å². The largest absolute Gasteiger partial charge is 0.399 e. The first-order valence-electron chi connectivity index (χ1n) is 6.27. The van der Waals surface area contributed by atoms with Crippen LogP contribution in [0.15, 0.2) is 24.3 Å². The quantitative estimate of drug-likeness (QED) is 0.793. The number of carbonyl (C=O) groups is 1. The summed E-state index contributed by atoms with van der Waals surface area (Å²) in [7, 11) is 0. The topological polar surface area (TPSA) is 46.3 Å². The van der Waals surface area contributed by atoms with Crippen molar-refractivity contribution in [1.82, 2.24) is 4.90 Å². The van der Waals surface area contributed by atoms with Gasteiger partial charge in [-0.1, -0.05) is 19.1 Å². The number of carbonyl (C=O) groups excluding carboxylic acids is 1. The number of piperidine rings is 1. The highest BCUT2D eigenvalue weighted by Gasteiger charge is 2.20. The van der Waals surface area contributed by atoms with Gasteiger partial charge in [-0.15, -0.1) is 0 Å². The Morgan fingerprint density at radius 3 is 3.06 bits per heavy atom. The molecule has 17 heavy (non-hydrogen) atoms. The molecule has 2 rings (SSSR count). The summed E-state index contributed by atoms with van der Waals surface area (Å²) >= 11 is 0. The fraction of sp³-hybridized carbons (Fsp3) is 0.500. The maximum absolute atomic E-state index is 12.1. The van der Waals surface area contributed by atoms with Gasteiger partial charge in [-0.05, 0) is 36.5 Å². The summed E-state index contributed by atoms with van der Waals surface area (Å²) in [4.78, 5) is 14.1. The van der Waals surface area contributed by atoms with Crippen molar-refractivity contribution in [3.05, 3.63) is 29.8 Å². The molecule has 0 spiro atoms. The monoisotopic (exact) mass is 232 g/mol. The van der Waals surface area contributed by atoms with Crippen molar-refractivity contribution in [3.63, 3.8) is 0 Å². The number of nitrogen functional groups attached to an aromatic ring is 1. The molecule has 1 aliphatic heterocycles. The Balaban J connectivity index is 1.96. The molecular formula is C14H20N2O. The van der Waals surface area contributed by atoms with E-state index in [9.17, 15) is 4.79 Å². The summed E-state index contributed by atoms with van der Waals surface area (Å²) in [6, 6.07) is 7.58. The molecule has 0 radical (unpaired) electrons. The minimum Gasteiger partial charge on any atom is -0.399 e. The van der Waals surface area contributed by atoms with Crippen molar-refractivity contribution >= 4 is 11.6 Å². The van der Waals surface area contributed by atoms with Gasteiger partial charge in [0.15, 0.2) is 0 Å². The lowest BCUT2D eigenvalue weighted by atomic mass is 9.99. The minimum absolute atomic E-state index is 0.224. The Labute approximate surface area is 103 Å². The third-order valence-electron chi connectivity index (χ3n) is 3.32. The van der Waals surface area contributed by atoms with E-state index in [0.29, 0.717) is 12.3 Å². The number of hydrogen-bond donors (Lipinski definition) is 1. The number of nitrogens with two attached hydrogens (primary N) is 1. The molecule has 0 bridgehead atoms. The van der Waals surface area contributed by atoms with Gasteiger partial charge >= 0.3 is 0 Å². The number of anilines is 1. The second-order valence-corrected chi connectivity index (χ2v) is 5.01. The van der Waals surface area contributed by atoms with E-state index in [1.165, 1.54) is 6.42 Å². The third kappa shape index (κ3) is 3.22. The first-order valence-corrected chi connectivity index (χ1v) is 6.27. The van der Waals surface area contributed by atoms with Crippen LogP contribution in [0.5, 0.6) is 0 Å². The van der Waals surface area contributed by atoms with Crippen molar-refractivity contribution in [1.29, 1.82) is 0 Å². The molecule has 1 fully saturated rings. The standard InChI is InChI=1S/C14H20N2O/c1-11-4-3-7-16(10-11)14(17)9-12-5-2-6-13(15)8-12/h2,5-6,8,11H,3-4,7,9-10,15H2,1H3/t11-/m0/s1. The maximum Gasteiger partial charge on any atom is 0.226 e. The van der Waals surface area contributed by atoms with Crippen LogP contribution in [-0.2, 0) is 11.2 Å². The summed E-state index contributed by atoms with van der Waals surface area (Å²) in [5.41, 5.74) is 7.44. The van der Waals surface area contributed by atoms with Gasteiger partial charge in [-0.2, -0.15) is 0 Å². The van der Waals surface area contributed by atoms with Crippen LogP contribution in [0.25, 0.3) is 0 Å². The van der Waals surface area contributed by atoms with Gasteiger partial charge in [0.2, 0.25) is 5.91 Å². The number of benzene rings is 1. The number of hydrogen-bond acceptors (Lipinski definition) is 2. The molecule has 0 aliphatic carbocycles. The summed E-state index contributed by atoms with van der Waals surface area (Å²) in [5.74, 6) is 0.857. The second kappa shape index (κ2) is 5.21. The predicted octanol–water partition coefficient (Wildman–Crippen LogP) is 2.07. The maximum atomic E-state index is 12.1. The highest BCUT2D eigenvalue weighted by atomic mass is 16.2. The van der Waals surface area contributed by atoms with Gasteiger partial charge < -0.3 is 10.6 Å². The molecule has 2 N–H and O–H groups in total.